The lowest BCUT2D eigenvalue weighted by Gasteiger charge is -2.34. The average molecular weight is 234 g/mol. The molecule has 0 spiro atoms. The molecule has 1 heterocycles. The van der Waals surface area contributed by atoms with Crippen LogP contribution in [0.15, 0.2) is 18.3 Å². The van der Waals surface area contributed by atoms with Gasteiger partial charge < -0.3 is 5.32 Å². The van der Waals surface area contributed by atoms with Crippen molar-refractivity contribution in [2.24, 2.45) is 5.41 Å². The molecule has 1 aromatic heterocycles. The molecule has 0 radical (unpaired) electrons. The van der Waals surface area contributed by atoms with Crippen molar-refractivity contribution in [1.29, 1.82) is 0 Å². The van der Waals surface area contributed by atoms with Crippen molar-refractivity contribution in [2.75, 3.05) is 6.54 Å². The monoisotopic (exact) mass is 234 g/mol. The number of rotatable bonds is 6. The largest absolute Gasteiger partial charge is 0.313 e. The smallest absolute Gasteiger partial charge is 0.0419 e. The highest BCUT2D eigenvalue weighted by molar-refractivity contribution is 5.13. The van der Waals surface area contributed by atoms with E-state index in [1.54, 1.807) is 0 Å². The fourth-order valence-corrected chi connectivity index (χ4v) is 1.95. The predicted molar refractivity (Wildman–Crippen MR) is 74.2 cm³/mol. The van der Waals surface area contributed by atoms with E-state index in [-0.39, 0.29) is 0 Å². The van der Waals surface area contributed by atoms with E-state index in [1.807, 2.05) is 6.20 Å². The maximum atomic E-state index is 4.51. The SMILES string of the molecule is CCNC(Cc1ccc(C)cn1)C(C)(C)CC. The van der Waals surface area contributed by atoms with Crippen LogP contribution in [0, 0.1) is 12.3 Å². The molecule has 1 unspecified atom stereocenters. The van der Waals surface area contributed by atoms with E-state index >= 15 is 0 Å². The van der Waals surface area contributed by atoms with Gasteiger partial charge in [0, 0.05) is 24.4 Å². The van der Waals surface area contributed by atoms with E-state index in [9.17, 15) is 0 Å². The Hall–Kier alpha value is -0.890. The molecule has 1 atom stereocenters. The molecule has 0 bridgehead atoms. The van der Waals surface area contributed by atoms with Crippen LogP contribution in [0.2, 0.25) is 0 Å². The van der Waals surface area contributed by atoms with Gasteiger partial charge in [-0.15, -0.1) is 0 Å². The molecule has 0 aliphatic heterocycles. The molecule has 1 aromatic rings. The molecule has 1 N–H and O–H groups in total. The van der Waals surface area contributed by atoms with Crippen LogP contribution >= 0.6 is 0 Å². The van der Waals surface area contributed by atoms with Crippen LogP contribution in [-0.2, 0) is 6.42 Å². The number of nitrogens with zero attached hydrogens (tertiary/aromatic N) is 1. The molecule has 0 aromatic carbocycles. The highest BCUT2D eigenvalue weighted by Crippen LogP contribution is 2.26. The first-order valence-corrected chi connectivity index (χ1v) is 6.64. The van der Waals surface area contributed by atoms with E-state index < -0.39 is 0 Å². The topological polar surface area (TPSA) is 24.9 Å². The first-order chi connectivity index (χ1) is 7.99. The van der Waals surface area contributed by atoms with Gasteiger partial charge in [-0.1, -0.05) is 33.8 Å². The van der Waals surface area contributed by atoms with Gasteiger partial charge in [-0.25, -0.2) is 0 Å². The fourth-order valence-electron chi connectivity index (χ4n) is 1.95. The van der Waals surface area contributed by atoms with Crippen molar-refractivity contribution in [1.82, 2.24) is 10.3 Å². The number of likely N-dealkylation sites (N-methyl/N-ethyl adjacent to an activating group) is 1. The summed E-state index contributed by atoms with van der Waals surface area (Å²) in [6.45, 7) is 12.2. The molecule has 0 saturated carbocycles. The second-order valence-corrected chi connectivity index (χ2v) is 5.48. The molecule has 0 fully saturated rings. The van der Waals surface area contributed by atoms with Crippen molar-refractivity contribution < 1.29 is 0 Å². The molecule has 0 amide bonds. The fraction of sp³-hybridized carbons (Fsp3) is 0.667. The van der Waals surface area contributed by atoms with Crippen LogP contribution in [-0.4, -0.2) is 17.6 Å². The Kier molecular flexibility index (Phi) is 5.13. The average Bonchev–Trinajstić information content (AvgIpc) is 2.31. The van der Waals surface area contributed by atoms with Gasteiger partial charge in [0.2, 0.25) is 0 Å². The molecule has 1 rings (SSSR count). The molecular formula is C15H26N2. The van der Waals surface area contributed by atoms with Crippen molar-refractivity contribution in [3.05, 3.63) is 29.6 Å². The summed E-state index contributed by atoms with van der Waals surface area (Å²) in [5.74, 6) is 0. The quantitative estimate of drug-likeness (QED) is 0.816. The van der Waals surface area contributed by atoms with E-state index in [0.717, 1.165) is 13.0 Å². The van der Waals surface area contributed by atoms with Gasteiger partial charge in [-0.05, 0) is 36.9 Å². The Balaban J connectivity index is 2.76. The van der Waals surface area contributed by atoms with Gasteiger partial charge in [0.1, 0.15) is 0 Å². The molecule has 0 aliphatic rings. The van der Waals surface area contributed by atoms with E-state index in [2.05, 4.69) is 57.1 Å². The summed E-state index contributed by atoms with van der Waals surface area (Å²) >= 11 is 0. The van der Waals surface area contributed by atoms with Crippen LogP contribution < -0.4 is 5.32 Å². The molecular weight excluding hydrogens is 208 g/mol. The summed E-state index contributed by atoms with van der Waals surface area (Å²) in [7, 11) is 0. The maximum absolute atomic E-state index is 4.51. The van der Waals surface area contributed by atoms with Crippen molar-refractivity contribution in [2.45, 2.75) is 53.5 Å². The minimum atomic E-state index is 0.308. The first-order valence-electron chi connectivity index (χ1n) is 6.64. The Morgan fingerprint density at radius 1 is 1.29 bits per heavy atom. The summed E-state index contributed by atoms with van der Waals surface area (Å²) in [5, 5.41) is 3.60. The van der Waals surface area contributed by atoms with Crippen molar-refractivity contribution in [3.8, 4) is 0 Å². The second kappa shape index (κ2) is 6.15. The zero-order valence-electron chi connectivity index (χ0n) is 11.9. The Bertz CT molecular complexity index is 327. The predicted octanol–water partition coefficient (Wildman–Crippen LogP) is 3.35. The number of pyridine rings is 1. The van der Waals surface area contributed by atoms with Crippen LogP contribution in [0.1, 0.15) is 45.4 Å². The summed E-state index contributed by atoms with van der Waals surface area (Å²) in [6, 6.07) is 4.78. The first kappa shape index (κ1) is 14.2. The highest BCUT2D eigenvalue weighted by atomic mass is 14.9. The van der Waals surface area contributed by atoms with Gasteiger partial charge in [-0.3, -0.25) is 4.98 Å². The van der Waals surface area contributed by atoms with E-state index in [0.29, 0.717) is 11.5 Å². The lowest BCUT2D eigenvalue weighted by molar-refractivity contribution is 0.231. The minimum Gasteiger partial charge on any atom is -0.313 e. The Morgan fingerprint density at radius 3 is 2.47 bits per heavy atom. The van der Waals surface area contributed by atoms with Crippen molar-refractivity contribution in [3.63, 3.8) is 0 Å². The normalized spacial score (nSPS) is 13.7. The van der Waals surface area contributed by atoms with Crippen molar-refractivity contribution >= 4 is 0 Å². The minimum absolute atomic E-state index is 0.308. The third kappa shape index (κ3) is 4.12. The van der Waals surface area contributed by atoms with Gasteiger partial charge in [-0.2, -0.15) is 0 Å². The van der Waals surface area contributed by atoms with Crippen LogP contribution in [0.3, 0.4) is 0 Å². The Labute approximate surface area is 106 Å². The molecule has 2 heteroatoms. The van der Waals surface area contributed by atoms with Gasteiger partial charge in [0.15, 0.2) is 0 Å². The third-order valence-corrected chi connectivity index (χ3v) is 3.69. The van der Waals surface area contributed by atoms with E-state index in [1.165, 1.54) is 17.7 Å². The van der Waals surface area contributed by atoms with Crippen LogP contribution in [0.25, 0.3) is 0 Å². The van der Waals surface area contributed by atoms with Crippen LogP contribution in [0.5, 0.6) is 0 Å². The summed E-state index contributed by atoms with van der Waals surface area (Å²) < 4.78 is 0. The Morgan fingerprint density at radius 2 is 2.00 bits per heavy atom. The van der Waals surface area contributed by atoms with Gasteiger partial charge in [0.05, 0.1) is 0 Å². The number of aromatic nitrogens is 1. The summed E-state index contributed by atoms with van der Waals surface area (Å²) in [6.07, 6.45) is 4.14. The molecule has 96 valence electrons. The van der Waals surface area contributed by atoms with Gasteiger partial charge in [0.25, 0.3) is 0 Å². The highest BCUT2D eigenvalue weighted by Gasteiger charge is 2.27. The molecule has 0 aliphatic carbocycles. The molecule has 17 heavy (non-hydrogen) atoms. The zero-order valence-corrected chi connectivity index (χ0v) is 11.9. The zero-order chi connectivity index (χ0) is 12.9. The van der Waals surface area contributed by atoms with Gasteiger partial charge >= 0.3 is 0 Å². The number of hydrogen-bond donors (Lipinski definition) is 1. The molecule has 2 nitrogen and oxygen atoms in total. The summed E-state index contributed by atoms with van der Waals surface area (Å²) in [5.41, 5.74) is 2.72. The van der Waals surface area contributed by atoms with Crippen LogP contribution in [0.4, 0.5) is 0 Å². The number of nitrogens with one attached hydrogen (secondary N) is 1. The lowest BCUT2D eigenvalue weighted by atomic mass is 9.79. The maximum Gasteiger partial charge on any atom is 0.0419 e. The third-order valence-electron chi connectivity index (χ3n) is 3.69. The lowest BCUT2D eigenvalue weighted by Crippen LogP contribution is -2.43. The summed E-state index contributed by atoms with van der Waals surface area (Å²) in [4.78, 5) is 4.51. The number of aryl methyl sites for hydroxylation is 1. The van der Waals surface area contributed by atoms with E-state index in [4.69, 9.17) is 0 Å². The second-order valence-electron chi connectivity index (χ2n) is 5.48. The standard InChI is InChI=1S/C15H26N2/c1-6-15(4,5)14(16-7-2)10-13-9-8-12(3)11-17-13/h8-9,11,14,16H,6-7,10H2,1-5H3. The molecule has 0 saturated heterocycles. The number of hydrogen-bond acceptors (Lipinski definition) is 2.